The lowest BCUT2D eigenvalue weighted by atomic mass is 9.85. The van der Waals surface area contributed by atoms with E-state index in [1.54, 1.807) is 0 Å². The lowest BCUT2D eigenvalue weighted by Crippen LogP contribution is -2.37. The van der Waals surface area contributed by atoms with Crippen molar-refractivity contribution in [3.63, 3.8) is 0 Å². The highest BCUT2D eigenvalue weighted by atomic mass is 16.5. The summed E-state index contributed by atoms with van der Waals surface area (Å²) >= 11 is 0. The zero-order valence-corrected chi connectivity index (χ0v) is 11.9. The molecule has 0 aliphatic carbocycles. The van der Waals surface area contributed by atoms with E-state index in [9.17, 15) is 0 Å². The molecule has 1 fully saturated rings. The molecule has 20 heavy (non-hydrogen) atoms. The minimum absolute atomic E-state index is 0.147. The molecular formula is C17H22N2O. The predicted molar refractivity (Wildman–Crippen MR) is 82.2 cm³/mol. The number of fused-ring (bicyclic) bond motifs is 1. The molecule has 1 aliphatic heterocycles. The maximum atomic E-state index is 5.89. The zero-order chi connectivity index (χ0) is 13.9. The van der Waals surface area contributed by atoms with Crippen LogP contribution in [-0.4, -0.2) is 12.7 Å². The molecule has 3 N–H and O–H groups in total. The van der Waals surface area contributed by atoms with Gasteiger partial charge < -0.3 is 4.74 Å². The molecule has 3 nitrogen and oxygen atoms in total. The van der Waals surface area contributed by atoms with Gasteiger partial charge in [0.05, 0.1) is 12.1 Å². The Morgan fingerprint density at radius 2 is 2.05 bits per heavy atom. The van der Waals surface area contributed by atoms with Gasteiger partial charge in [-0.15, -0.1) is 0 Å². The van der Waals surface area contributed by atoms with Gasteiger partial charge in [0.2, 0.25) is 0 Å². The molecule has 2 aromatic rings. The maximum absolute atomic E-state index is 5.89. The van der Waals surface area contributed by atoms with E-state index in [1.807, 2.05) is 0 Å². The van der Waals surface area contributed by atoms with Crippen LogP contribution in [0.2, 0.25) is 0 Å². The smallest absolute Gasteiger partial charge is 0.0620 e. The van der Waals surface area contributed by atoms with E-state index in [-0.39, 0.29) is 6.04 Å². The first-order chi connectivity index (χ1) is 9.85. The van der Waals surface area contributed by atoms with Gasteiger partial charge in [-0.05, 0) is 29.2 Å². The zero-order valence-electron chi connectivity index (χ0n) is 11.9. The number of ether oxygens (including phenoxy) is 1. The van der Waals surface area contributed by atoms with Crippen LogP contribution in [0.5, 0.6) is 0 Å². The molecule has 3 rings (SSSR count). The van der Waals surface area contributed by atoms with Crippen LogP contribution in [0.15, 0.2) is 42.5 Å². The van der Waals surface area contributed by atoms with E-state index in [0.29, 0.717) is 12.0 Å². The summed E-state index contributed by atoms with van der Waals surface area (Å²) in [4.78, 5) is 0. The van der Waals surface area contributed by atoms with Gasteiger partial charge in [0.25, 0.3) is 0 Å². The number of nitrogens with one attached hydrogen (secondary N) is 1. The summed E-state index contributed by atoms with van der Waals surface area (Å²) in [5.41, 5.74) is 4.31. The molecule has 2 aromatic carbocycles. The largest absolute Gasteiger partial charge is 0.378 e. The average Bonchev–Trinajstić information content (AvgIpc) is 2.97. The lowest BCUT2D eigenvalue weighted by molar-refractivity contribution is 0.0775. The van der Waals surface area contributed by atoms with E-state index in [0.717, 1.165) is 19.4 Å². The Hall–Kier alpha value is -1.42. The van der Waals surface area contributed by atoms with Crippen LogP contribution in [0.1, 0.15) is 31.4 Å². The molecule has 1 aliphatic rings. The fourth-order valence-corrected chi connectivity index (χ4v) is 3.43. The van der Waals surface area contributed by atoms with Crippen molar-refractivity contribution in [2.75, 3.05) is 6.61 Å². The Morgan fingerprint density at radius 3 is 2.85 bits per heavy atom. The van der Waals surface area contributed by atoms with Crippen molar-refractivity contribution in [2.45, 2.75) is 31.9 Å². The summed E-state index contributed by atoms with van der Waals surface area (Å²) in [7, 11) is 0. The third-order valence-electron chi connectivity index (χ3n) is 4.43. The van der Waals surface area contributed by atoms with Crippen molar-refractivity contribution >= 4 is 10.8 Å². The Bertz CT molecular complexity index is 579. The highest BCUT2D eigenvalue weighted by Crippen LogP contribution is 2.36. The fourth-order valence-electron chi connectivity index (χ4n) is 3.43. The predicted octanol–water partition coefficient (Wildman–Crippen LogP) is 3.16. The molecule has 1 heterocycles. The van der Waals surface area contributed by atoms with E-state index in [2.05, 4.69) is 54.8 Å². The van der Waals surface area contributed by atoms with Crippen LogP contribution >= 0.6 is 0 Å². The molecule has 0 radical (unpaired) electrons. The van der Waals surface area contributed by atoms with E-state index in [4.69, 9.17) is 10.6 Å². The molecule has 3 unspecified atom stereocenters. The van der Waals surface area contributed by atoms with Crippen molar-refractivity contribution in [1.29, 1.82) is 0 Å². The van der Waals surface area contributed by atoms with Crippen molar-refractivity contribution in [1.82, 2.24) is 5.43 Å². The fraction of sp³-hybridized carbons (Fsp3) is 0.412. The average molecular weight is 270 g/mol. The third-order valence-corrected chi connectivity index (χ3v) is 4.43. The van der Waals surface area contributed by atoms with E-state index < -0.39 is 0 Å². The molecule has 1 saturated heterocycles. The second-order valence-electron chi connectivity index (χ2n) is 5.48. The SMILES string of the molecule is CCC1OCCC1C(NN)c1cccc2ccccc12. The summed E-state index contributed by atoms with van der Waals surface area (Å²) in [6.07, 6.45) is 2.40. The normalized spacial score (nSPS) is 24.1. The number of hydrazine groups is 1. The molecule has 3 atom stereocenters. The Labute approximate surface area is 120 Å². The van der Waals surface area contributed by atoms with Gasteiger partial charge in [-0.3, -0.25) is 11.3 Å². The van der Waals surface area contributed by atoms with Gasteiger partial charge in [0, 0.05) is 12.5 Å². The molecular weight excluding hydrogens is 248 g/mol. The summed E-state index contributed by atoms with van der Waals surface area (Å²) in [5.74, 6) is 6.33. The number of hydrogen-bond donors (Lipinski definition) is 2. The molecule has 0 aromatic heterocycles. The van der Waals surface area contributed by atoms with Crippen LogP contribution in [-0.2, 0) is 4.74 Å². The molecule has 0 saturated carbocycles. The Kier molecular flexibility index (Phi) is 4.01. The quantitative estimate of drug-likeness (QED) is 0.662. The van der Waals surface area contributed by atoms with Crippen LogP contribution in [0, 0.1) is 5.92 Å². The first-order valence-corrected chi connectivity index (χ1v) is 7.40. The number of hydrogen-bond acceptors (Lipinski definition) is 3. The Morgan fingerprint density at radius 1 is 1.25 bits per heavy atom. The third kappa shape index (κ3) is 2.33. The highest BCUT2D eigenvalue weighted by Gasteiger charge is 2.34. The van der Waals surface area contributed by atoms with Crippen LogP contribution in [0.4, 0.5) is 0 Å². The first kappa shape index (κ1) is 13.6. The van der Waals surface area contributed by atoms with Gasteiger partial charge in [0.15, 0.2) is 0 Å². The highest BCUT2D eigenvalue weighted by molar-refractivity contribution is 5.86. The van der Waals surface area contributed by atoms with Crippen molar-refractivity contribution in [2.24, 2.45) is 11.8 Å². The second-order valence-corrected chi connectivity index (χ2v) is 5.48. The van der Waals surface area contributed by atoms with Crippen molar-refractivity contribution in [3.8, 4) is 0 Å². The minimum Gasteiger partial charge on any atom is -0.378 e. The molecule has 3 heteroatoms. The van der Waals surface area contributed by atoms with Crippen LogP contribution in [0.3, 0.4) is 0 Å². The number of nitrogens with two attached hydrogens (primary N) is 1. The molecule has 106 valence electrons. The van der Waals surface area contributed by atoms with Crippen molar-refractivity contribution < 1.29 is 4.74 Å². The van der Waals surface area contributed by atoms with E-state index in [1.165, 1.54) is 16.3 Å². The number of rotatable bonds is 4. The van der Waals surface area contributed by atoms with Gasteiger partial charge in [0.1, 0.15) is 0 Å². The molecule has 0 amide bonds. The Balaban J connectivity index is 2.03. The van der Waals surface area contributed by atoms with Crippen molar-refractivity contribution in [3.05, 3.63) is 48.0 Å². The minimum atomic E-state index is 0.147. The number of benzene rings is 2. The first-order valence-electron chi connectivity index (χ1n) is 7.40. The standard InChI is InChI=1S/C17H22N2O/c1-2-16-15(10-11-20-16)17(19-18)14-9-5-7-12-6-3-4-8-13(12)14/h3-9,15-17,19H,2,10-11,18H2,1H3. The van der Waals surface area contributed by atoms with Crippen LogP contribution in [0.25, 0.3) is 10.8 Å². The molecule has 0 bridgehead atoms. The van der Waals surface area contributed by atoms with Gasteiger partial charge in [-0.2, -0.15) is 0 Å². The summed E-state index contributed by atoms with van der Waals surface area (Å²) in [6, 6.07) is 15.1. The lowest BCUT2D eigenvalue weighted by Gasteiger charge is -2.27. The summed E-state index contributed by atoms with van der Waals surface area (Å²) in [5, 5.41) is 2.54. The van der Waals surface area contributed by atoms with Gasteiger partial charge >= 0.3 is 0 Å². The monoisotopic (exact) mass is 270 g/mol. The van der Waals surface area contributed by atoms with Gasteiger partial charge in [-0.1, -0.05) is 49.4 Å². The summed E-state index contributed by atoms with van der Waals surface area (Å²) < 4.78 is 5.84. The maximum Gasteiger partial charge on any atom is 0.0620 e. The van der Waals surface area contributed by atoms with Gasteiger partial charge in [-0.25, -0.2) is 0 Å². The van der Waals surface area contributed by atoms with Crippen LogP contribution < -0.4 is 11.3 Å². The second kappa shape index (κ2) is 5.92. The summed E-state index contributed by atoms with van der Waals surface area (Å²) in [6.45, 7) is 3.02. The molecule has 0 spiro atoms. The topological polar surface area (TPSA) is 47.3 Å². The van der Waals surface area contributed by atoms with E-state index >= 15 is 0 Å².